The third-order valence-electron chi connectivity index (χ3n) is 4.77. The molecule has 3 aromatic carbocycles. The summed E-state index contributed by atoms with van der Waals surface area (Å²) in [6, 6.07) is 22.5. The Morgan fingerprint density at radius 2 is 1.75 bits per heavy atom. The van der Waals surface area contributed by atoms with Crippen LogP contribution in [-0.2, 0) is 9.53 Å². The zero-order chi connectivity index (χ0) is 23.1. The highest BCUT2D eigenvalue weighted by Crippen LogP contribution is 2.26. The highest BCUT2D eigenvalue weighted by Gasteiger charge is 2.28. The number of nitrogens with zero attached hydrogens (tertiary/aromatic N) is 1. The number of hydrogen-bond acceptors (Lipinski definition) is 5. The molecule has 7 heteroatoms. The maximum Gasteiger partial charge on any atom is 0.330 e. The van der Waals surface area contributed by atoms with E-state index >= 15 is 0 Å². The number of carbonyl (C=O) groups excluding carboxylic acids is 1. The predicted octanol–water partition coefficient (Wildman–Crippen LogP) is 6.58. The van der Waals surface area contributed by atoms with Crippen molar-refractivity contribution < 1.29 is 13.9 Å². The van der Waals surface area contributed by atoms with Crippen LogP contribution < -0.4 is 10.6 Å². The average molecular weight is 496 g/mol. The number of benzene rings is 3. The molecule has 0 spiro atoms. The van der Waals surface area contributed by atoms with Gasteiger partial charge >= 0.3 is 5.97 Å². The average Bonchev–Trinajstić information content (AvgIpc) is 2.77. The smallest absolute Gasteiger partial charge is 0.330 e. The van der Waals surface area contributed by atoms with Crippen LogP contribution in [0.15, 0.2) is 77.3 Å². The van der Waals surface area contributed by atoms with Gasteiger partial charge in [0.2, 0.25) is 6.10 Å². The monoisotopic (exact) mass is 495 g/mol. The highest BCUT2D eigenvalue weighted by molar-refractivity contribution is 9.10. The first-order chi connectivity index (χ1) is 15.4. The van der Waals surface area contributed by atoms with Crippen LogP contribution >= 0.6 is 15.9 Å². The second-order valence-corrected chi connectivity index (χ2v) is 8.47. The molecule has 0 aliphatic heterocycles. The van der Waals surface area contributed by atoms with Crippen LogP contribution in [0.1, 0.15) is 25.5 Å². The van der Waals surface area contributed by atoms with Crippen LogP contribution in [0.5, 0.6) is 0 Å². The van der Waals surface area contributed by atoms with Crippen molar-refractivity contribution in [3.05, 3.63) is 88.6 Å². The van der Waals surface area contributed by atoms with Crippen LogP contribution in [0, 0.1) is 23.1 Å². The van der Waals surface area contributed by atoms with Gasteiger partial charge in [-0.2, -0.15) is 5.26 Å². The maximum atomic E-state index is 14.3. The first-order valence-corrected chi connectivity index (χ1v) is 10.9. The minimum absolute atomic E-state index is 0.186. The second-order valence-electron chi connectivity index (χ2n) is 7.55. The minimum Gasteiger partial charge on any atom is -0.440 e. The predicted molar refractivity (Wildman–Crippen MR) is 127 cm³/mol. The summed E-state index contributed by atoms with van der Waals surface area (Å²) >= 11 is 3.21. The molecule has 32 heavy (non-hydrogen) atoms. The zero-order valence-electron chi connectivity index (χ0n) is 17.7. The maximum absolute atomic E-state index is 14.3. The summed E-state index contributed by atoms with van der Waals surface area (Å²) in [5.41, 5.74) is 2.39. The molecule has 0 aliphatic carbocycles. The van der Waals surface area contributed by atoms with Gasteiger partial charge in [0.25, 0.3) is 0 Å². The molecule has 5 nitrogen and oxygen atoms in total. The summed E-state index contributed by atoms with van der Waals surface area (Å²) < 4.78 is 20.4. The van der Waals surface area contributed by atoms with E-state index in [1.54, 1.807) is 30.3 Å². The molecule has 0 fully saturated rings. The van der Waals surface area contributed by atoms with E-state index in [9.17, 15) is 14.4 Å². The van der Waals surface area contributed by atoms with Crippen molar-refractivity contribution in [3.63, 3.8) is 0 Å². The molecule has 2 N–H and O–H groups in total. The quantitative estimate of drug-likeness (QED) is 0.345. The van der Waals surface area contributed by atoms with Gasteiger partial charge in [-0.15, -0.1) is 0 Å². The molecule has 3 aromatic rings. The summed E-state index contributed by atoms with van der Waals surface area (Å²) in [6.45, 7) is 3.64. The summed E-state index contributed by atoms with van der Waals surface area (Å²) in [7, 11) is 0. The first-order valence-electron chi connectivity index (χ1n) is 10.1. The molecule has 164 valence electrons. The van der Waals surface area contributed by atoms with Crippen LogP contribution in [0.25, 0.3) is 0 Å². The number of para-hydroxylation sites is 1. The molecule has 0 saturated carbocycles. The first kappa shape index (κ1) is 23.3. The lowest BCUT2D eigenvalue weighted by atomic mass is 10.0. The van der Waals surface area contributed by atoms with Gasteiger partial charge < -0.3 is 15.4 Å². The van der Waals surface area contributed by atoms with Crippen molar-refractivity contribution in [1.29, 1.82) is 5.26 Å². The third-order valence-corrected chi connectivity index (χ3v) is 5.26. The van der Waals surface area contributed by atoms with Crippen LogP contribution in [-0.4, -0.2) is 12.0 Å². The van der Waals surface area contributed by atoms with Crippen molar-refractivity contribution >= 4 is 39.0 Å². The van der Waals surface area contributed by atoms with Gasteiger partial charge in [0.05, 0.1) is 5.69 Å². The zero-order valence-corrected chi connectivity index (χ0v) is 19.3. The Morgan fingerprint density at radius 1 is 1.03 bits per heavy atom. The molecule has 3 rings (SSSR count). The van der Waals surface area contributed by atoms with E-state index in [0.717, 1.165) is 11.4 Å². The SMILES string of the molecule is CC(C)C(Nc1ccc(Br)cc1F)C(=O)OC(C#N)c1cccc(Nc2ccccc2)c1. The van der Waals surface area contributed by atoms with Gasteiger partial charge in [0.1, 0.15) is 17.9 Å². The van der Waals surface area contributed by atoms with Gasteiger partial charge in [-0.3, -0.25) is 0 Å². The molecule has 0 bridgehead atoms. The number of hydrogen-bond donors (Lipinski definition) is 2. The van der Waals surface area contributed by atoms with Crippen LogP contribution in [0.4, 0.5) is 21.5 Å². The van der Waals surface area contributed by atoms with E-state index in [4.69, 9.17) is 4.74 Å². The molecule has 0 aromatic heterocycles. The van der Waals surface area contributed by atoms with E-state index in [1.165, 1.54) is 6.07 Å². The summed E-state index contributed by atoms with van der Waals surface area (Å²) in [4.78, 5) is 12.9. The number of esters is 1. The number of halogens is 2. The van der Waals surface area contributed by atoms with Crippen molar-refractivity contribution in [1.82, 2.24) is 0 Å². The van der Waals surface area contributed by atoms with Crippen molar-refractivity contribution in [2.45, 2.75) is 26.0 Å². The standard InChI is InChI=1S/C25H23BrFN3O2/c1-16(2)24(30-22-12-11-18(26)14-21(22)27)25(31)32-23(15-28)17-7-6-10-20(13-17)29-19-8-4-3-5-9-19/h3-14,16,23-24,29-30H,1-2H3. The number of carbonyl (C=O) groups is 1. The fourth-order valence-corrected chi connectivity index (χ4v) is 3.43. The molecular formula is C25H23BrFN3O2. The summed E-state index contributed by atoms with van der Waals surface area (Å²) in [6.07, 6.45) is -1.10. The number of rotatable bonds is 8. The molecule has 2 unspecified atom stereocenters. The molecule has 0 radical (unpaired) electrons. The lowest BCUT2D eigenvalue weighted by Gasteiger charge is -2.24. The van der Waals surface area contributed by atoms with Crippen LogP contribution in [0.2, 0.25) is 0 Å². The van der Waals surface area contributed by atoms with E-state index in [-0.39, 0.29) is 11.6 Å². The Balaban J connectivity index is 1.75. The van der Waals surface area contributed by atoms with Crippen molar-refractivity contribution in [3.8, 4) is 6.07 Å². The Labute approximate surface area is 195 Å². The molecular weight excluding hydrogens is 473 g/mol. The lowest BCUT2D eigenvalue weighted by molar-refractivity contribution is -0.148. The molecule has 0 heterocycles. The normalized spacial score (nSPS) is 12.5. The van der Waals surface area contributed by atoms with E-state index in [1.807, 2.05) is 56.3 Å². The molecule has 0 amide bonds. The van der Waals surface area contributed by atoms with Gasteiger partial charge in [0, 0.05) is 21.4 Å². The third kappa shape index (κ3) is 6.08. The summed E-state index contributed by atoms with van der Waals surface area (Å²) in [5, 5.41) is 15.8. The molecule has 0 saturated heterocycles. The second kappa shape index (κ2) is 10.8. The minimum atomic E-state index is -1.10. The van der Waals surface area contributed by atoms with Crippen LogP contribution in [0.3, 0.4) is 0 Å². The van der Waals surface area contributed by atoms with Crippen molar-refractivity contribution in [2.75, 3.05) is 10.6 Å². The fraction of sp³-hybridized carbons (Fsp3) is 0.200. The van der Waals surface area contributed by atoms with E-state index in [0.29, 0.717) is 10.0 Å². The largest absolute Gasteiger partial charge is 0.440 e. The Hall–Kier alpha value is -3.37. The highest BCUT2D eigenvalue weighted by atomic mass is 79.9. The number of nitrogens with one attached hydrogen (secondary N) is 2. The van der Waals surface area contributed by atoms with Crippen molar-refractivity contribution in [2.24, 2.45) is 5.92 Å². The Kier molecular flexibility index (Phi) is 7.85. The molecule has 0 aliphatic rings. The lowest BCUT2D eigenvalue weighted by Crippen LogP contribution is -2.37. The number of nitriles is 1. The van der Waals surface area contributed by atoms with Gasteiger partial charge in [-0.1, -0.05) is 60.1 Å². The Bertz CT molecular complexity index is 1120. The summed E-state index contributed by atoms with van der Waals surface area (Å²) in [5.74, 6) is -1.32. The Morgan fingerprint density at radius 3 is 2.41 bits per heavy atom. The number of anilines is 3. The fourth-order valence-electron chi connectivity index (χ4n) is 3.10. The number of ether oxygens (including phenoxy) is 1. The molecule has 2 atom stereocenters. The van der Waals surface area contributed by atoms with Gasteiger partial charge in [0.15, 0.2) is 0 Å². The topological polar surface area (TPSA) is 74.1 Å². The van der Waals surface area contributed by atoms with Gasteiger partial charge in [-0.05, 0) is 48.4 Å². The van der Waals surface area contributed by atoms with E-state index < -0.39 is 23.9 Å². The van der Waals surface area contributed by atoms with Gasteiger partial charge in [-0.25, -0.2) is 9.18 Å². The van der Waals surface area contributed by atoms with E-state index in [2.05, 4.69) is 26.6 Å².